The molecule has 0 saturated carbocycles. The van der Waals surface area contributed by atoms with E-state index >= 15 is 0 Å². The summed E-state index contributed by atoms with van der Waals surface area (Å²) >= 11 is 0. The summed E-state index contributed by atoms with van der Waals surface area (Å²) in [6, 6.07) is 0. The number of unbranched alkanes of at least 4 members (excludes halogenated alkanes) is 56. The van der Waals surface area contributed by atoms with Gasteiger partial charge in [-0.25, -0.2) is 0 Å². The number of hydrogen-bond acceptors (Lipinski definition) is 8. The molecule has 0 atom stereocenters. The van der Waals surface area contributed by atoms with Gasteiger partial charge in [-0.05, 0) is 51.4 Å². The molecule has 0 rings (SSSR count). The summed E-state index contributed by atoms with van der Waals surface area (Å²) in [5, 5.41) is 40.9. The van der Waals surface area contributed by atoms with Gasteiger partial charge in [-0.2, -0.15) is 0 Å². The Kier molecular flexibility index (Phi) is 91.7. The van der Waals surface area contributed by atoms with Gasteiger partial charge in [0.2, 0.25) is 0 Å². The van der Waals surface area contributed by atoms with Crippen LogP contribution in [0.3, 0.4) is 0 Å². The summed E-state index contributed by atoms with van der Waals surface area (Å²) in [7, 11) is 0. The second-order valence-corrected chi connectivity index (χ2v) is 24.3. The van der Waals surface area contributed by atoms with Crippen molar-refractivity contribution in [3.8, 4) is 0 Å². The second kappa shape index (κ2) is 84.5. The van der Waals surface area contributed by atoms with Gasteiger partial charge in [-0.3, -0.25) is 0 Å². The molecule has 0 aromatic heterocycles. The van der Waals surface area contributed by atoms with Crippen molar-refractivity contribution in [3.63, 3.8) is 0 Å². The van der Waals surface area contributed by atoms with Gasteiger partial charge in [0, 0.05) is 23.9 Å². The molecule has 0 unspecified atom stereocenters. The molecular weight excluding hydrogens is 1020 g/mol. The first-order chi connectivity index (χ1) is 39.1. The number of carbonyl (C=O) groups excluding carboxylic acids is 4. The zero-order valence-electron chi connectivity index (χ0n) is 55.0. The number of aliphatic carboxylic acids is 4. The first-order valence-corrected chi connectivity index (χ1v) is 35.9. The predicted molar refractivity (Wildman–Crippen MR) is 344 cm³/mol. The van der Waals surface area contributed by atoms with Gasteiger partial charge in [0.15, 0.2) is 0 Å². The Bertz CT molecular complexity index is 990. The maximum Gasteiger partial charge on any atom is 4.00 e. The Morgan fingerprint density at radius 1 is 0.160 bits per heavy atom. The van der Waals surface area contributed by atoms with Crippen LogP contribution in [0.1, 0.15) is 439 Å². The molecule has 480 valence electrons. The molecule has 0 spiro atoms. The molecule has 0 aromatic rings. The van der Waals surface area contributed by atoms with Crippen molar-refractivity contribution in [2.24, 2.45) is 0 Å². The molecule has 0 aliphatic rings. The third kappa shape index (κ3) is 104. The number of hydrogen-bond donors (Lipinski definition) is 0. The molecule has 81 heavy (non-hydrogen) atoms. The maximum absolute atomic E-state index is 10.2. The van der Waals surface area contributed by atoms with Crippen LogP contribution in [0, 0.1) is 0 Å². The topological polar surface area (TPSA) is 161 Å². The van der Waals surface area contributed by atoms with Crippen LogP contribution in [0.4, 0.5) is 0 Å². The second-order valence-electron chi connectivity index (χ2n) is 24.3. The van der Waals surface area contributed by atoms with Crippen LogP contribution >= 0.6 is 0 Å². The van der Waals surface area contributed by atoms with Crippen molar-refractivity contribution < 1.29 is 39.6 Å². The summed E-state index contributed by atoms with van der Waals surface area (Å²) in [5.41, 5.74) is 0. The third-order valence-corrected chi connectivity index (χ3v) is 15.9. The van der Waals surface area contributed by atoms with E-state index in [2.05, 4.69) is 27.7 Å². The van der Waals surface area contributed by atoms with Crippen LogP contribution in [0.5, 0.6) is 0 Å². The monoisotopic (exact) mass is 1160 g/mol. The van der Waals surface area contributed by atoms with E-state index < -0.39 is 23.9 Å². The number of carbonyl (C=O) groups is 4. The fourth-order valence-corrected chi connectivity index (χ4v) is 10.6. The molecule has 0 saturated heterocycles. The minimum Gasteiger partial charge on any atom is -0.550 e. The molecular formula is C72H140O8Si. The van der Waals surface area contributed by atoms with Crippen LogP contribution < -0.4 is 20.4 Å². The fraction of sp³-hybridized carbons (Fsp3) is 0.944. The molecule has 8 nitrogen and oxygen atoms in total. The van der Waals surface area contributed by atoms with E-state index in [4.69, 9.17) is 0 Å². The zero-order valence-corrected chi connectivity index (χ0v) is 56.0. The largest absolute Gasteiger partial charge is 4.00 e. The van der Waals surface area contributed by atoms with E-state index in [1.165, 1.54) is 334 Å². The minimum absolute atomic E-state index is 0. The molecule has 0 aromatic carbocycles. The van der Waals surface area contributed by atoms with Gasteiger partial charge >= 0.3 is 11.0 Å². The van der Waals surface area contributed by atoms with E-state index in [1.54, 1.807) is 0 Å². The molecule has 0 aliphatic carbocycles. The molecule has 0 aliphatic heterocycles. The van der Waals surface area contributed by atoms with E-state index in [0.29, 0.717) is 0 Å². The van der Waals surface area contributed by atoms with Crippen molar-refractivity contribution >= 4 is 34.8 Å². The predicted octanol–water partition coefficient (Wildman–Crippen LogP) is 19.6. The number of carboxylic acids is 4. The molecule has 9 heteroatoms. The molecule has 0 amide bonds. The normalized spacial score (nSPS) is 10.7. The summed E-state index contributed by atoms with van der Waals surface area (Å²) in [4.78, 5) is 40.9. The summed E-state index contributed by atoms with van der Waals surface area (Å²) < 4.78 is 0. The first-order valence-electron chi connectivity index (χ1n) is 35.9. The van der Waals surface area contributed by atoms with Gasteiger partial charge in [-0.1, -0.05) is 387 Å². The van der Waals surface area contributed by atoms with Crippen LogP contribution in [0.15, 0.2) is 0 Å². The van der Waals surface area contributed by atoms with E-state index in [9.17, 15) is 39.6 Å². The van der Waals surface area contributed by atoms with Crippen molar-refractivity contribution in [2.75, 3.05) is 0 Å². The van der Waals surface area contributed by atoms with Crippen molar-refractivity contribution in [3.05, 3.63) is 0 Å². The Balaban J connectivity index is -0.000000316. The van der Waals surface area contributed by atoms with Gasteiger partial charge < -0.3 is 39.6 Å². The van der Waals surface area contributed by atoms with E-state index in [-0.39, 0.29) is 36.6 Å². The SMILES string of the molecule is CCCCCCCCCCCCCCCCCC(=O)[O-].CCCCCCCCCCCCCCCCCC(=O)[O-].CCCCCCCCCCCCCCCCCC(=O)[O-].CCCCCCCCCCCCCCCCCC(=O)[O-].[Si+4]. The Morgan fingerprint density at radius 3 is 0.309 bits per heavy atom. The van der Waals surface area contributed by atoms with Crippen LogP contribution in [-0.2, 0) is 19.2 Å². The number of rotatable bonds is 64. The maximum atomic E-state index is 10.2. The van der Waals surface area contributed by atoms with Crippen LogP contribution in [-0.4, -0.2) is 34.8 Å². The van der Waals surface area contributed by atoms with E-state index in [0.717, 1.165) is 51.4 Å². The average molecular weight is 1160 g/mol. The molecule has 0 bridgehead atoms. The summed E-state index contributed by atoms with van der Waals surface area (Å²) in [5.74, 6) is -3.61. The Hall–Kier alpha value is -1.90. The van der Waals surface area contributed by atoms with Crippen molar-refractivity contribution in [1.29, 1.82) is 0 Å². The molecule has 0 fully saturated rings. The fourth-order valence-electron chi connectivity index (χ4n) is 10.6. The third-order valence-electron chi connectivity index (χ3n) is 15.9. The molecule has 0 N–H and O–H groups in total. The quantitative estimate of drug-likeness (QED) is 0.0430. The smallest absolute Gasteiger partial charge is 0.550 e. The molecule has 0 radical (unpaired) electrons. The van der Waals surface area contributed by atoms with Crippen molar-refractivity contribution in [2.45, 2.75) is 439 Å². The molecule has 0 heterocycles. The van der Waals surface area contributed by atoms with Gasteiger partial charge in [0.05, 0.1) is 0 Å². The zero-order chi connectivity index (χ0) is 59.6. The summed E-state index contributed by atoms with van der Waals surface area (Å²) in [6.45, 7) is 9.07. The van der Waals surface area contributed by atoms with Crippen LogP contribution in [0.25, 0.3) is 0 Å². The number of carboxylic acid groups (broad SMARTS) is 4. The Morgan fingerprint density at radius 2 is 0.235 bits per heavy atom. The van der Waals surface area contributed by atoms with Gasteiger partial charge in [0.1, 0.15) is 0 Å². The standard InChI is InChI=1S/4C18H36O2.Si/c4*1-2-3-4-5-6-7-8-9-10-11-12-13-14-15-16-17-18(19)20;/h4*2-17H2,1H3,(H,19,20);/q;;;;+4/p-4. The average Bonchev–Trinajstić information content (AvgIpc) is 3.43. The Labute approximate surface area is 510 Å². The van der Waals surface area contributed by atoms with Gasteiger partial charge in [-0.15, -0.1) is 0 Å². The minimum atomic E-state index is -0.903. The first kappa shape index (κ1) is 87.9. The van der Waals surface area contributed by atoms with Crippen LogP contribution in [0.2, 0.25) is 0 Å². The van der Waals surface area contributed by atoms with Crippen molar-refractivity contribution in [1.82, 2.24) is 0 Å². The van der Waals surface area contributed by atoms with Gasteiger partial charge in [0.25, 0.3) is 0 Å². The van der Waals surface area contributed by atoms with E-state index in [1.807, 2.05) is 0 Å². The summed E-state index contributed by atoms with van der Waals surface area (Å²) in [6.07, 6.45) is 79.4.